The molecule has 2 rings (SSSR count). The van der Waals surface area contributed by atoms with Crippen LogP contribution in [-0.4, -0.2) is 33.8 Å². The zero-order valence-electron chi connectivity index (χ0n) is 12.9. The lowest BCUT2D eigenvalue weighted by molar-refractivity contribution is 0.00578. The van der Waals surface area contributed by atoms with Gasteiger partial charge >= 0.3 is 17.3 Å². The molecule has 1 heterocycles. The number of benzene rings is 1. The Morgan fingerprint density at radius 1 is 1.14 bits per heavy atom. The SMILES string of the molecule is COc1cc(B2OC(C)(C)C(C)(C)O2)c(F)cc1S(=O)(=O)F. The molecule has 0 atom stereocenters. The minimum absolute atomic E-state index is 0.0529. The summed E-state index contributed by atoms with van der Waals surface area (Å²) in [6.45, 7) is 7.18. The van der Waals surface area contributed by atoms with Crippen LogP contribution in [0.4, 0.5) is 8.28 Å². The highest BCUT2D eigenvalue weighted by Crippen LogP contribution is 2.37. The Morgan fingerprint density at radius 3 is 2.05 bits per heavy atom. The predicted octanol–water partition coefficient (Wildman–Crippen LogP) is 1.79. The van der Waals surface area contributed by atoms with E-state index in [-0.39, 0.29) is 11.2 Å². The van der Waals surface area contributed by atoms with Crippen LogP contribution in [0.2, 0.25) is 0 Å². The molecule has 0 amide bonds. The molecule has 0 radical (unpaired) electrons. The first-order chi connectivity index (χ1) is 9.89. The van der Waals surface area contributed by atoms with Gasteiger partial charge in [0, 0.05) is 5.46 Å². The molecule has 9 heteroatoms. The standard InChI is InChI=1S/C13H17BF2O5S/c1-12(2)13(3,4)21-14(20-12)8-6-10(19-5)11(7-9(8)15)22(16,17)18/h6-7H,1-5H3. The van der Waals surface area contributed by atoms with Gasteiger partial charge in [-0.05, 0) is 39.8 Å². The maximum atomic E-state index is 14.2. The minimum atomic E-state index is -5.10. The van der Waals surface area contributed by atoms with Crippen LogP contribution < -0.4 is 10.2 Å². The molecule has 1 aliphatic heterocycles. The van der Waals surface area contributed by atoms with E-state index in [0.717, 1.165) is 13.2 Å². The summed E-state index contributed by atoms with van der Waals surface area (Å²) in [5.74, 6) is -1.26. The van der Waals surface area contributed by atoms with Gasteiger partial charge in [0.2, 0.25) is 0 Å². The third kappa shape index (κ3) is 2.84. The average Bonchev–Trinajstić information content (AvgIpc) is 2.56. The van der Waals surface area contributed by atoms with Crippen LogP contribution in [0.15, 0.2) is 17.0 Å². The smallest absolute Gasteiger partial charge is 0.495 e. The quantitative estimate of drug-likeness (QED) is 0.623. The molecule has 1 aromatic carbocycles. The Kier molecular flexibility index (Phi) is 4.04. The Labute approximate surface area is 128 Å². The second-order valence-electron chi connectivity index (χ2n) is 6.05. The fourth-order valence-corrected chi connectivity index (χ4v) is 2.68. The lowest BCUT2D eigenvalue weighted by Gasteiger charge is -2.32. The van der Waals surface area contributed by atoms with Crippen molar-refractivity contribution in [1.82, 2.24) is 0 Å². The Morgan fingerprint density at radius 2 is 1.64 bits per heavy atom. The van der Waals surface area contributed by atoms with Crippen LogP contribution in [0.1, 0.15) is 27.7 Å². The largest absolute Gasteiger partial charge is 0.497 e. The number of rotatable bonds is 3. The molecule has 1 fully saturated rings. The Hall–Kier alpha value is -1.19. The van der Waals surface area contributed by atoms with E-state index in [2.05, 4.69) is 0 Å². The van der Waals surface area contributed by atoms with Crippen LogP contribution in [0.3, 0.4) is 0 Å². The summed E-state index contributed by atoms with van der Waals surface area (Å²) < 4.78 is 65.7. The molecule has 122 valence electrons. The van der Waals surface area contributed by atoms with E-state index in [1.54, 1.807) is 27.7 Å². The lowest BCUT2D eigenvalue weighted by Crippen LogP contribution is -2.41. The van der Waals surface area contributed by atoms with Gasteiger partial charge in [0.25, 0.3) is 0 Å². The topological polar surface area (TPSA) is 61.8 Å². The molecule has 1 saturated heterocycles. The summed E-state index contributed by atoms with van der Waals surface area (Å²) in [5.41, 5.74) is -1.44. The second kappa shape index (κ2) is 5.18. The van der Waals surface area contributed by atoms with Gasteiger partial charge in [0.1, 0.15) is 16.5 Å². The molecule has 0 aliphatic carbocycles. The van der Waals surface area contributed by atoms with E-state index in [1.165, 1.54) is 0 Å². The highest BCUT2D eigenvalue weighted by atomic mass is 32.3. The normalized spacial score (nSPS) is 20.2. The summed E-state index contributed by atoms with van der Waals surface area (Å²) in [6.07, 6.45) is 0. The van der Waals surface area contributed by atoms with E-state index >= 15 is 0 Å². The number of hydrogen-bond donors (Lipinski definition) is 0. The number of halogens is 2. The van der Waals surface area contributed by atoms with Crippen molar-refractivity contribution in [2.24, 2.45) is 0 Å². The summed E-state index contributed by atoms with van der Waals surface area (Å²) in [7, 11) is -4.98. The monoisotopic (exact) mass is 334 g/mol. The molecule has 0 saturated carbocycles. The predicted molar refractivity (Wildman–Crippen MR) is 77.0 cm³/mol. The third-order valence-corrected chi connectivity index (χ3v) is 4.90. The van der Waals surface area contributed by atoms with Gasteiger partial charge in [-0.25, -0.2) is 4.39 Å². The van der Waals surface area contributed by atoms with Crippen molar-refractivity contribution >= 4 is 22.8 Å². The van der Waals surface area contributed by atoms with Gasteiger partial charge in [-0.1, -0.05) is 0 Å². The van der Waals surface area contributed by atoms with Gasteiger partial charge < -0.3 is 14.0 Å². The molecular weight excluding hydrogens is 317 g/mol. The van der Waals surface area contributed by atoms with E-state index in [4.69, 9.17) is 14.0 Å². The van der Waals surface area contributed by atoms with Crippen molar-refractivity contribution in [2.45, 2.75) is 43.8 Å². The summed E-state index contributed by atoms with van der Waals surface area (Å²) in [6, 6.07) is 1.64. The maximum Gasteiger partial charge on any atom is 0.497 e. The number of methoxy groups -OCH3 is 1. The van der Waals surface area contributed by atoms with Crippen molar-refractivity contribution < 1.29 is 30.7 Å². The highest BCUT2D eigenvalue weighted by molar-refractivity contribution is 7.86. The van der Waals surface area contributed by atoms with E-state index in [1.807, 2.05) is 0 Å². The highest BCUT2D eigenvalue weighted by Gasteiger charge is 2.52. The van der Waals surface area contributed by atoms with Crippen LogP contribution in [-0.2, 0) is 19.5 Å². The van der Waals surface area contributed by atoms with Crippen LogP contribution in [0.25, 0.3) is 0 Å². The van der Waals surface area contributed by atoms with Crippen LogP contribution in [0.5, 0.6) is 5.75 Å². The fraction of sp³-hybridized carbons (Fsp3) is 0.538. The maximum absolute atomic E-state index is 14.2. The first-order valence-corrected chi connectivity index (χ1v) is 7.95. The van der Waals surface area contributed by atoms with Crippen molar-refractivity contribution in [3.05, 3.63) is 17.9 Å². The van der Waals surface area contributed by atoms with Gasteiger partial charge in [-0.15, -0.1) is 3.89 Å². The van der Waals surface area contributed by atoms with E-state index in [0.29, 0.717) is 6.07 Å². The Bertz CT molecular complexity index is 687. The van der Waals surface area contributed by atoms with Crippen molar-refractivity contribution in [3.63, 3.8) is 0 Å². The lowest BCUT2D eigenvalue weighted by atomic mass is 9.78. The van der Waals surface area contributed by atoms with Gasteiger partial charge in [0.05, 0.1) is 18.3 Å². The molecular formula is C13H17BF2O5S. The van der Waals surface area contributed by atoms with Crippen molar-refractivity contribution in [1.29, 1.82) is 0 Å². The van der Waals surface area contributed by atoms with E-state index < -0.39 is 39.3 Å². The third-order valence-electron chi connectivity index (χ3n) is 4.05. The zero-order valence-corrected chi connectivity index (χ0v) is 13.8. The molecule has 1 aliphatic rings. The molecule has 22 heavy (non-hydrogen) atoms. The molecule has 0 N–H and O–H groups in total. The molecule has 1 aromatic rings. The summed E-state index contributed by atoms with van der Waals surface area (Å²) in [5, 5.41) is 0. The first-order valence-electron chi connectivity index (χ1n) is 6.57. The van der Waals surface area contributed by atoms with Crippen molar-refractivity contribution in [2.75, 3.05) is 7.11 Å². The first kappa shape index (κ1) is 17.2. The molecule has 0 spiro atoms. The number of ether oxygens (including phenoxy) is 1. The molecule has 0 aromatic heterocycles. The average molecular weight is 334 g/mol. The summed E-state index contributed by atoms with van der Waals surface area (Å²) in [4.78, 5) is -0.868. The minimum Gasteiger partial charge on any atom is -0.495 e. The summed E-state index contributed by atoms with van der Waals surface area (Å²) >= 11 is 0. The number of hydrogen-bond acceptors (Lipinski definition) is 5. The van der Waals surface area contributed by atoms with E-state index in [9.17, 15) is 16.7 Å². The van der Waals surface area contributed by atoms with Crippen molar-refractivity contribution in [3.8, 4) is 5.75 Å². The van der Waals surface area contributed by atoms with Crippen LogP contribution >= 0.6 is 0 Å². The van der Waals surface area contributed by atoms with Gasteiger partial charge in [-0.2, -0.15) is 8.42 Å². The Balaban J connectivity index is 2.51. The van der Waals surface area contributed by atoms with Gasteiger partial charge in [0.15, 0.2) is 0 Å². The zero-order chi connectivity index (χ0) is 16.9. The molecule has 0 unspecified atom stereocenters. The molecule has 5 nitrogen and oxygen atoms in total. The molecule has 0 bridgehead atoms. The second-order valence-corrected chi connectivity index (χ2v) is 7.37. The fourth-order valence-electron chi connectivity index (χ4n) is 2.05. The van der Waals surface area contributed by atoms with Crippen LogP contribution in [0, 0.1) is 5.82 Å². The van der Waals surface area contributed by atoms with Gasteiger partial charge in [-0.3, -0.25) is 0 Å².